The van der Waals surface area contributed by atoms with Gasteiger partial charge in [0.05, 0.1) is 33.1 Å². The summed E-state index contributed by atoms with van der Waals surface area (Å²) < 4.78 is 17.0. The lowest BCUT2D eigenvalue weighted by Gasteiger charge is -2.19. The van der Waals surface area contributed by atoms with Gasteiger partial charge in [0, 0.05) is 50.9 Å². The van der Waals surface area contributed by atoms with Gasteiger partial charge in [0.15, 0.2) is 11.5 Å². The van der Waals surface area contributed by atoms with E-state index in [0.29, 0.717) is 79.8 Å². The van der Waals surface area contributed by atoms with E-state index in [1.165, 1.54) is 6.92 Å². The van der Waals surface area contributed by atoms with Crippen molar-refractivity contribution in [3.05, 3.63) is 64.1 Å². The van der Waals surface area contributed by atoms with Crippen LogP contribution in [-0.4, -0.2) is 62.7 Å². The Morgan fingerprint density at radius 1 is 0.953 bits per heavy atom. The minimum Gasteiger partial charge on any atom is -0.493 e. The van der Waals surface area contributed by atoms with Gasteiger partial charge in [-0.3, -0.25) is 14.4 Å². The molecule has 1 heterocycles. The molecule has 2 amide bonds. The predicted octanol–water partition coefficient (Wildman–Crippen LogP) is 3.07. The first-order valence-corrected chi connectivity index (χ1v) is 14.1. The lowest BCUT2D eigenvalue weighted by Crippen LogP contribution is -2.29. The number of amides is 2. The van der Waals surface area contributed by atoms with Crippen LogP contribution in [0.5, 0.6) is 17.2 Å². The molecule has 3 aromatic rings. The number of rotatable bonds is 13. The van der Waals surface area contributed by atoms with Crippen molar-refractivity contribution in [2.45, 2.75) is 38.6 Å². The fourth-order valence-corrected chi connectivity index (χ4v) is 5.18. The molecule has 0 aliphatic heterocycles. The zero-order chi connectivity index (χ0) is 30.8. The van der Waals surface area contributed by atoms with Crippen molar-refractivity contribution in [1.29, 1.82) is 0 Å². The van der Waals surface area contributed by atoms with E-state index in [4.69, 9.17) is 14.2 Å². The van der Waals surface area contributed by atoms with Crippen LogP contribution >= 0.6 is 0 Å². The molecule has 43 heavy (non-hydrogen) atoms. The topological polar surface area (TPSA) is 153 Å². The largest absolute Gasteiger partial charge is 0.493 e. The molecule has 0 fully saturated rings. The number of carbonyl (C=O) groups is 2. The SMILES string of the molecule is COc1cc2c(c(OC)c1OC)-c1ccc(NCCCC(=O)NCCNc3ncccn3)c(=O)cc1[C@H](NC(C)=O)CC2. The molecule has 228 valence electrons. The van der Waals surface area contributed by atoms with E-state index in [1.807, 2.05) is 12.1 Å². The predicted molar refractivity (Wildman–Crippen MR) is 164 cm³/mol. The molecule has 1 atom stereocenters. The highest BCUT2D eigenvalue weighted by Gasteiger charge is 2.29. The normalized spacial score (nSPS) is 13.4. The van der Waals surface area contributed by atoms with Crippen LogP contribution in [0.2, 0.25) is 0 Å². The van der Waals surface area contributed by atoms with Gasteiger partial charge in [-0.25, -0.2) is 9.97 Å². The van der Waals surface area contributed by atoms with E-state index >= 15 is 0 Å². The molecule has 0 bridgehead atoms. The standard InChI is InChI=1S/C31H38N6O6/c1-19(38)37-23-10-8-20-17-26(41-2)29(42-3)30(43-4)28(20)21-9-11-24(25(39)18-22(21)23)32-12-5-7-27(40)33-15-16-36-31-34-13-6-14-35-31/h6,9,11,13-14,17-18,23H,5,7-8,10,12,15-16H2,1-4H3,(H,32,39)(H,33,40)(H,37,38)(H,34,35,36)/t23-/m1/s1. The summed E-state index contributed by atoms with van der Waals surface area (Å²) in [5.74, 6) is 1.71. The number of aryl methyl sites for hydroxylation is 1. The van der Waals surface area contributed by atoms with Gasteiger partial charge in [0.1, 0.15) is 0 Å². The molecule has 0 saturated heterocycles. The molecular formula is C31H38N6O6. The Kier molecular flexibility index (Phi) is 10.7. The van der Waals surface area contributed by atoms with Crippen LogP contribution in [0, 0.1) is 0 Å². The van der Waals surface area contributed by atoms with Crippen LogP contribution < -0.4 is 40.9 Å². The third-order valence-corrected chi connectivity index (χ3v) is 7.11. The summed E-state index contributed by atoms with van der Waals surface area (Å²) in [6, 6.07) is 8.42. The van der Waals surface area contributed by atoms with E-state index in [0.717, 1.165) is 16.7 Å². The molecule has 1 aromatic heterocycles. The lowest BCUT2D eigenvalue weighted by atomic mass is 9.95. The van der Waals surface area contributed by atoms with Gasteiger partial charge in [-0.2, -0.15) is 0 Å². The van der Waals surface area contributed by atoms with Gasteiger partial charge in [-0.1, -0.05) is 6.07 Å². The van der Waals surface area contributed by atoms with Gasteiger partial charge in [0.2, 0.25) is 28.9 Å². The Morgan fingerprint density at radius 3 is 2.42 bits per heavy atom. The van der Waals surface area contributed by atoms with Crippen LogP contribution in [0.3, 0.4) is 0 Å². The molecule has 0 radical (unpaired) electrons. The van der Waals surface area contributed by atoms with Crippen LogP contribution in [0.15, 0.2) is 47.5 Å². The van der Waals surface area contributed by atoms with Gasteiger partial charge in [-0.15, -0.1) is 0 Å². The fourth-order valence-electron chi connectivity index (χ4n) is 5.18. The Hall–Kier alpha value is -4.87. The van der Waals surface area contributed by atoms with Crippen molar-refractivity contribution in [3.63, 3.8) is 0 Å². The van der Waals surface area contributed by atoms with Crippen molar-refractivity contribution in [2.24, 2.45) is 0 Å². The second-order valence-electron chi connectivity index (χ2n) is 9.98. The summed E-state index contributed by atoms with van der Waals surface area (Å²) >= 11 is 0. The van der Waals surface area contributed by atoms with E-state index in [2.05, 4.69) is 31.2 Å². The van der Waals surface area contributed by atoms with Crippen LogP contribution in [-0.2, 0) is 16.0 Å². The number of benzene rings is 1. The quantitative estimate of drug-likeness (QED) is 0.219. The Morgan fingerprint density at radius 2 is 1.72 bits per heavy atom. The number of nitrogens with one attached hydrogen (secondary N) is 4. The van der Waals surface area contributed by atoms with Gasteiger partial charge in [-0.05, 0) is 60.2 Å². The zero-order valence-electron chi connectivity index (χ0n) is 24.9. The third-order valence-electron chi connectivity index (χ3n) is 7.11. The third kappa shape index (κ3) is 7.70. The minimum atomic E-state index is -0.388. The zero-order valence-corrected chi connectivity index (χ0v) is 24.9. The molecule has 2 aromatic carbocycles. The number of anilines is 2. The van der Waals surface area contributed by atoms with Crippen molar-refractivity contribution in [3.8, 4) is 28.4 Å². The first-order valence-electron chi connectivity index (χ1n) is 14.1. The van der Waals surface area contributed by atoms with Crippen molar-refractivity contribution in [2.75, 3.05) is 51.6 Å². The molecule has 12 heteroatoms. The monoisotopic (exact) mass is 590 g/mol. The van der Waals surface area contributed by atoms with E-state index in [1.54, 1.807) is 51.9 Å². The van der Waals surface area contributed by atoms with Gasteiger partial charge < -0.3 is 35.5 Å². The highest BCUT2D eigenvalue weighted by Crippen LogP contribution is 2.50. The second kappa shape index (κ2) is 14.9. The fraction of sp³-hybridized carbons (Fsp3) is 0.387. The second-order valence-corrected chi connectivity index (χ2v) is 9.98. The number of ether oxygens (including phenoxy) is 3. The summed E-state index contributed by atoms with van der Waals surface area (Å²) in [4.78, 5) is 45.9. The molecule has 4 N–H and O–H groups in total. The Balaban J connectivity index is 1.50. The Labute approximate surface area is 250 Å². The molecule has 0 unspecified atom stereocenters. The molecule has 12 nitrogen and oxygen atoms in total. The molecule has 1 aliphatic carbocycles. The molecule has 0 saturated carbocycles. The summed E-state index contributed by atoms with van der Waals surface area (Å²) in [6.07, 6.45) is 5.31. The molecule has 0 spiro atoms. The summed E-state index contributed by atoms with van der Waals surface area (Å²) in [6.45, 7) is 2.83. The number of methoxy groups -OCH3 is 3. The molecular weight excluding hydrogens is 552 g/mol. The smallest absolute Gasteiger partial charge is 0.222 e. The summed E-state index contributed by atoms with van der Waals surface area (Å²) in [5.41, 5.74) is 3.35. The van der Waals surface area contributed by atoms with Crippen LogP contribution in [0.25, 0.3) is 11.1 Å². The number of fused-ring (bicyclic) bond motifs is 3. The number of hydrogen-bond acceptors (Lipinski definition) is 10. The number of aromatic nitrogens is 2. The van der Waals surface area contributed by atoms with Crippen LogP contribution in [0.4, 0.5) is 11.6 Å². The molecule has 1 aliphatic rings. The van der Waals surface area contributed by atoms with Gasteiger partial charge in [0.25, 0.3) is 0 Å². The maximum atomic E-state index is 13.4. The maximum absolute atomic E-state index is 13.4. The maximum Gasteiger partial charge on any atom is 0.222 e. The van der Waals surface area contributed by atoms with E-state index < -0.39 is 0 Å². The lowest BCUT2D eigenvalue weighted by molar-refractivity contribution is -0.121. The summed E-state index contributed by atoms with van der Waals surface area (Å²) in [5, 5.41) is 12.1. The Bertz CT molecular complexity index is 1500. The minimum absolute atomic E-state index is 0.0866. The molecule has 4 rings (SSSR count). The first-order chi connectivity index (χ1) is 20.9. The van der Waals surface area contributed by atoms with E-state index in [9.17, 15) is 14.4 Å². The first kappa shape index (κ1) is 31.1. The van der Waals surface area contributed by atoms with Crippen molar-refractivity contribution < 1.29 is 23.8 Å². The summed E-state index contributed by atoms with van der Waals surface area (Å²) in [7, 11) is 4.68. The number of hydrogen-bond donors (Lipinski definition) is 4. The van der Waals surface area contributed by atoms with Crippen molar-refractivity contribution in [1.82, 2.24) is 20.6 Å². The average molecular weight is 591 g/mol. The van der Waals surface area contributed by atoms with E-state index in [-0.39, 0.29) is 23.3 Å². The number of carbonyl (C=O) groups excluding carboxylic acids is 2. The van der Waals surface area contributed by atoms with Crippen molar-refractivity contribution >= 4 is 23.5 Å². The van der Waals surface area contributed by atoms with Gasteiger partial charge >= 0.3 is 0 Å². The highest BCUT2D eigenvalue weighted by atomic mass is 16.5. The number of nitrogens with zero attached hydrogens (tertiary/aromatic N) is 2. The van der Waals surface area contributed by atoms with Crippen LogP contribution in [0.1, 0.15) is 43.4 Å². The average Bonchev–Trinajstić information content (AvgIpc) is 3.25. The highest BCUT2D eigenvalue weighted by molar-refractivity contribution is 5.83.